The van der Waals surface area contributed by atoms with Crippen molar-refractivity contribution in [1.29, 1.82) is 0 Å². The van der Waals surface area contributed by atoms with Crippen molar-refractivity contribution in [3.05, 3.63) is 11.9 Å². The Morgan fingerprint density at radius 1 is 1.30 bits per heavy atom. The molecular weight excluding hydrogens is 265 g/mol. The summed E-state index contributed by atoms with van der Waals surface area (Å²) in [6.45, 7) is 8.56. The van der Waals surface area contributed by atoms with Gasteiger partial charge in [-0.2, -0.15) is 5.10 Å². The summed E-state index contributed by atoms with van der Waals surface area (Å²) in [4.78, 5) is 0. The van der Waals surface area contributed by atoms with E-state index in [0.29, 0.717) is 5.69 Å². The lowest BCUT2D eigenvalue weighted by molar-refractivity contribution is 0.00578. The zero-order chi connectivity index (χ0) is 15.1. The van der Waals surface area contributed by atoms with Gasteiger partial charge in [0, 0.05) is 11.7 Å². The van der Waals surface area contributed by atoms with E-state index < -0.39 is 31.2 Å². The maximum Gasteiger partial charge on any atom is 0.498 e. The first-order valence-corrected chi connectivity index (χ1v) is 6.76. The fraction of sp³-hybridized carbons (Fsp3) is 0.769. The van der Waals surface area contributed by atoms with Crippen molar-refractivity contribution < 1.29 is 18.1 Å². The summed E-state index contributed by atoms with van der Waals surface area (Å²) < 4.78 is 38.6. The Morgan fingerprint density at radius 2 is 1.85 bits per heavy atom. The van der Waals surface area contributed by atoms with Crippen LogP contribution in [-0.4, -0.2) is 40.9 Å². The van der Waals surface area contributed by atoms with Crippen molar-refractivity contribution in [3.63, 3.8) is 0 Å². The monoisotopic (exact) mass is 286 g/mol. The number of alkyl halides is 2. The lowest BCUT2D eigenvalue weighted by atomic mass is 9.79. The van der Waals surface area contributed by atoms with Crippen molar-refractivity contribution in [3.8, 4) is 0 Å². The summed E-state index contributed by atoms with van der Waals surface area (Å²) in [7, 11) is -0.530. The third-order valence-electron chi connectivity index (χ3n) is 4.04. The van der Waals surface area contributed by atoms with Gasteiger partial charge in [-0.3, -0.25) is 4.68 Å². The van der Waals surface area contributed by atoms with Crippen molar-refractivity contribution in [2.75, 3.05) is 6.67 Å². The highest BCUT2D eigenvalue weighted by atomic mass is 19.2. The summed E-state index contributed by atoms with van der Waals surface area (Å²) in [6, 6.07) is 0. The maximum absolute atomic E-state index is 13.1. The van der Waals surface area contributed by atoms with Crippen LogP contribution >= 0.6 is 0 Å². The minimum atomic E-state index is -1.54. The molecule has 1 aliphatic rings. The first-order chi connectivity index (χ1) is 9.16. The van der Waals surface area contributed by atoms with Crippen LogP contribution in [0.1, 0.15) is 33.4 Å². The predicted molar refractivity (Wildman–Crippen MR) is 73.6 cm³/mol. The van der Waals surface area contributed by atoms with Gasteiger partial charge >= 0.3 is 7.12 Å². The summed E-state index contributed by atoms with van der Waals surface area (Å²) in [5.41, 5.74) is 0.589. The smallest absolute Gasteiger partial charge is 0.399 e. The average molecular weight is 286 g/mol. The second-order valence-corrected chi connectivity index (χ2v) is 6.23. The van der Waals surface area contributed by atoms with Crippen LogP contribution in [0, 0.1) is 6.92 Å². The molecule has 1 fully saturated rings. The molecule has 0 bridgehead atoms. The molecule has 1 atom stereocenters. The molecule has 0 spiro atoms. The van der Waals surface area contributed by atoms with Crippen molar-refractivity contribution >= 4 is 12.6 Å². The Bertz CT molecular complexity index is 475. The molecule has 1 unspecified atom stereocenters. The zero-order valence-corrected chi connectivity index (χ0v) is 12.6. The quantitative estimate of drug-likeness (QED) is 0.792. The summed E-state index contributed by atoms with van der Waals surface area (Å²) in [6.07, 6.45) is 0.125. The van der Waals surface area contributed by atoms with Gasteiger partial charge in [0.15, 0.2) is 0 Å². The molecule has 1 aromatic heterocycles. The topological polar surface area (TPSA) is 36.3 Å². The number of aromatic nitrogens is 2. The van der Waals surface area contributed by atoms with Gasteiger partial charge in [0.25, 0.3) is 0 Å². The molecule has 1 aliphatic heterocycles. The molecule has 1 aromatic rings. The van der Waals surface area contributed by atoms with E-state index in [4.69, 9.17) is 9.31 Å². The Kier molecular flexibility index (Phi) is 3.95. The highest BCUT2D eigenvalue weighted by Crippen LogP contribution is 2.36. The van der Waals surface area contributed by atoms with Crippen LogP contribution in [0.2, 0.25) is 0 Å². The molecule has 2 heterocycles. The number of hydrogen-bond donors (Lipinski definition) is 0. The summed E-state index contributed by atoms with van der Waals surface area (Å²) >= 11 is 0. The van der Waals surface area contributed by atoms with Crippen LogP contribution in [0.25, 0.3) is 0 Å². The number of aryl methyl sites for hydroxylation is 1. The maximum atomic E-state index is 13.1. The number of hydrogen-bond acceptors (Lipinski definition) is 3. The number of halogens is 2. The van der Waals surface area contributed by atoms with Crippen LogP contribution in [0.5, 0.6) is 0 Å². The Hall–Kier alpha value is -0.945. The molecule has 0 aliphatic carbocycles. The van der Waals surface area contributed by atoms with Gasteiger partial charge in [-0.1, -0.05) is 0 Å². The van der Waals surface area contributed by atoms with E-state index in [9.17, 15) is 8.78 Å². The number of nitrogens with zero attached hydrogens (tertiary/aromatic N) is 2. The van der Waals surface area contributed by atoms with Gasteiger partial charge in [-0.05, 0) is 34.6 Å². The van der Waals surface area contributed by atoms with Gasteiger partial charge in [-0.15, -0.1) is 0 Å². The Labute approximate surface area is 118 Å². The van der Waals surface area contributed by atoms with Crippen molar-refractivity contribution in [2.45, 2.75) is 58.5 Å². The van der Waals surface area contributed by atoms with Gasteiger partial charge < -0.3 is 9.31 Å². The minimum Gasteiger partial charge on any atom is -0.399 e. The molecule has 0 N–H and O–H groups in total. The molecule has 0 radical (unpaired) electrons. The first kappa shape index (κ1) is 15.4. The molecule has 112 valence electrons. The van der Waals surface area contributed by atoms with Crippen LogP contribution in [0.15, 0.2) is 6.20 Å². The average Bonchev–Trinajstić information content (AvgIpc) is 2.77. The lowest BCUT2D eigenvalue weighted by Gasteiger charge is -2.32. The van der Waals surface area contributed by atoms with Gasteiger partial charge in [0.05, 0.1) is 23.4 Å². The van der Waals surface area contributed by atoms with E-state index in [2.05, 4.69) is 5.10 Å². The van der Waals surface area contributed by atoms with Crippen LogP contribution in [0.3, 0.4) is 0 Å². The molecular formula is C13H21BF2N2O2. The fourth-order valence-electron chi connectivity index (χ4n) is 2.08. The molecule has 0 aromatic carbocycles. The van der Waals surface area contributed by atoms with E-state index in [-0.39, 0.29) is 6.54 Å². The minimum absolute atomic E-state index is 0.100. The molecule has 0 saturated carbocycles. The van der Waals surface area contributed by atoms with E-state index in [1.54, 1.807) is 13.1 Å². The lowest BCUT2D eigenvalue weighted by Crippen LogP contribution is -2.41. The van der Waals surface area contributed by atoms with E-state index >= 15 is 0 Å². The standard InChI is InChI=1S/C13H21BF2N2O2/c1-9-11(8-18(17-9)7-10(16)6-15)14-19-12(2,3)13(4,5)20-14/h8,10H,6-7H2,1-5H3. The Morgan fingerprint density at radius 3 is 2.35 bits per heavy atom. The van der Waals surface area contributed by atoms with Crippen LogP contribution in [0.4, 0.5) is 8.78 Å². The van der Waals surface area contributed by atoms with E-state index in [0.717, 1.165) is 5.46 Å². The van der Waals surface area contributed by atoms with Crippen LogP contribution < -0.4 is 5.46 Å². The first-order valence-electron chi connectivity index (χ1n) is 6.76. The molecule has 2 rings (SSSR count). The number of rotatable bonds is 4. The highest BCUT2D eigenvalue weighted by molar-refractivity contribution is 6.62. The fourth-order valence-corrected chi connectivity index (χ4v) is 2.08. The van der Waals surface area contributed by atoms with Crippen molar-refractivity contribution in [1.82, 2.24) is 9.78 Å². The third kappa shape index (κ3) is 2.74. The summed E-state index contributed by atoms with van der Waals surface area (Å²) in [5, 5.41) is 4.19. The predicted octanol–water partition coefficient (Wildman–Crippen LogP) is 1.80. The van der Waals surface area contributed by atoms with Gasteiger partial charge in [0.1, 0.15) is 12.8 Å². The van der Waals surface area contributed by atoms with Gasteiger partial charge in [-0.25, -0.2) is 8.78 Å². The highest BCUT2D eigenvalue weighted by Gasteiger charge is 2.52. The third-order valence-corrected chi connectivity index (χ3v) is 4.04. The van der Waals surface area contributed by atoms with Crippen LogP contribution in [-0.2, 0) is 15.9 Å². The van der Waals surface area contributed by atoms with E-state index in [1.807, 2.05) is 27.7 Å². The molecule has 1 saturated heterocycles. The molecule has 0 amide bonds. The largest absolute Gasteiger partial charge is 0.498 e. The SMILES string of the molecule is Cc1nn(CC(F)CF)cc1B1OC(C)(C)C(C)(C)O1. The molecule has 20 heavy (non-hydrogen) atoms. The second-order valence-electron chi connectivity index (χ2n) is 6.23. The van der Waals surface area contributed by atoms with Crippen molar-refractivity contribution in [2.24, 2.45) is 0 Å². The summed E-state index contributed by atoms with van der Waals surface area (Å²) in [5.74, 6) is 0. The Balaban J connectivity index is 2.19. The second kappa shape index (κ2) is 5.11. The normalized spacial score (nSPS) is 22.2. The van der Waals surface area contributed by atoms with Gasteiger partial charge in [0.2, 0.25) is 0 Å². The molecule has 7 heteroatoms. The van der Waals surface area contributed by atoms with E-state index in [1.165, 1.54) is 4.68 Å². The zero-order valence-electron chi connectivity index (χ0n) is 12.6. The molecule has 4 nitrogen and oxygen atoms in total.